The van der Waals surface area contributed by atoms with Crippen LogP contribution < -0.4 is 0 Å². The van der Waals surface area contributed by atoms with Crippen LogP contribution in [0.4, 0.5) is 0 Å². The Bertz CT molecular complexity index is 639. The van der Waals surface area contributed by atoms with Crippen molar-refractivity contribution in [3.05, 3.63) is 11.6 Å². The molecule has 0 bridgehead atoms. The van der Waals surface area contributed by atoms with E-state index >= 15 is 0 Å². The lowest BCUT2D eigenvalue weighted by atomic mass is 9.41. The van der Waals surface area contributed by atoms with Crippen molar-refractivity contribution >= 4 is 0 Å². The lowest BCUT2D eigenvalue weighted by molar-refractivity contribution is -0.111. The number of allylic oxidation sites excluding steroid dienone is 2. The van der Waals surface area contributed by atoms with E-state index in [0.717, 1.165) is 35.5 Å². The fourth-order valence-corrected chi connectivity index (χ4v) is 9.52. The Balaban J connectivity index is 0.00000171. The molecule has 0 aliphatic heterocycles. The van der Waals surface area contributed by atoms with Gasteiger partial charge < -0.3 is 0 Å². The van der Waals surface area contributed by atoms with Crippen molar-refractivity contribution in [1.82, 2.24) is 0 Å². The molecule has 0 aromatic carbocycles. The molecule has 4 rings (SSSR count). The minimum absolute atomic E-state index is 0. The van der Waals surface area contributed by atoms with Gasteiger partial charge in [-0.3, -0.25) is 0 Å². The van der Waals surface area contributed by atoms with Gasteiger partial charge in [0.25, 0.3) is 0 Å². The maximum absolute atomic E-state index is 2.76. The van der Waals surface area contributed by atoms with Crippen LogP contribution in [-0.2, 0) is 0 Å². The van der Waals surface area contributed by atoms with Crippen LogP contribution in [0.25, 0.3) is 0 Å². The summed E-state index contributed by atoms with van der Waals surface area (Å²) in [5.74, 6) is 5.57. The third kappa shape index (κ3) is 3.47. The summed E-state index contributed by atoms with van der Waals surface area (Å²) in [5.41, 5.74) is 3.53. The maximum Gasteiger partial charge on any atom is 0 e. The third-order valence-electron chi connectivity index (χ3n) is 11.1. The molecule has 0 radical (unpaired) electrons. The van der Waals surface area contributed by atoms with Gasteiger partial charge >= 0.3 is 0 Å². The highest BCUT2D eigenvalue weighted by atomic mass is 14.7. The second-order valence-electron chi connectivity index (χ2n) is 13.3. The molecule has 0 N–H and O–H groups in total. The summed E-state index contributed by atoms with van der Waals surface area (Å²) in [5, 5.41) is 0. The summed E-state index contributed by atoms with van der Waals surface area (Å²) in [4.78, 5) is 0. The molecule has 8 atom stereocenters. The molecule has 4 aliphatic carbocycles. The largest absolute Gasteiger partial charge is 0.0842 e. The topological polar surface area (TPSA) is 0 Å². The predicted octanol–water partition coefficient (Wildman–Crippen LogP) is 9.55. The number of hydrogen-bond donors (Lipinski definition) is 0. The van der Waals surface area contributed by atoms with Gasteiger partial charge in [-0.2, -0.15) is 0 Å². The van der Waals surface area contributed by atoms with Gasteiger partial charge in [-0.15, -0.1) is 0 Å². The molecule has 0 nitrogen and oxygen atoms in total. The molecule has 0 heteroatoms. The van der Waals surface area contributed by atoms with E-state index in [1.807, 2.05) is 5.57 Å². The standard InChI is InChI=1S/C29H50.2H2/c1-20(2)9-8-10-22(4)24-11-12-25-28(24,6)18-15-26-27(5)16-13-21(3)19-23(27)14-17-29(25,26)7;;/h14,20-22,24-26H,8-13,15-19H2,1-7H3;2*1H/t21-,22+,24+,25?,26?,27-,28+,29-;;/m1../s1. The van der Waals surface area contributed by atoms with Crippen molar-refractivity contribution in [2.75, 3.05) is 0 Å². The van der Waals surface area contributed by atoms with Gasteiger partial charge in [0.15, 0.2) is 0 Å². The quantitative estimate of drug-likeness (QED) is 0.401. The molecule has 170 valence electrons. The van der Waals surface area contributed by atoms with Crippen LogP contribution in [0.5, 0.6) is 0 Å². The SMILES string of the molecule is CC(C)CCC[C@H](C)[C@@H]1CCC2[C@@]3(C)CC=C4C[C@H](C)CC[C@@]4(C)C3CC[C@]21C.[HH].[HH]. The lowest BCUT2D eigenvalue weighted by Gasteiger charge is -2.63. The first kappa shape index (κ1) is 22.0. The van der Waals surface area contributed by atoms with E-state index in [0.29, 0.717) is 16.2 Å². The molecule has 0 aromatic heterocycles. The summed E-state index contributed by atoms with van der Waals surface area (Å²) in [6, 6.07) is 0. The molecular formula is C29H54. The van der Waals surface area contributed by atoms with Crippen molar-refractivity contribution in [2.24, 2.45) is 51.8 Å². The normalized spacial score (nSPS) is 47.9. The number of fused-ring (bicyclic) bond motifs is 5. The Morgan fingerprint density at radius 3 is 2.41 bits per heavy atom. The van der Waals surface area contributed by atoms with Gasteiger partial charge in [-0.25, -0.2) is 0 Å². The molecule has 0 heterocycles. The van der Waals surface area contributed by atoms with E-state index in [9.17, 15) is 0 Å². The molecule has 2 unspecified atom stereocenters. The Hall–Kier alpha value is -0.260. The number of hydrogen-bond acceptors (Lipinski definition) is 0. The van der Waals surface area contributed by atoms with E-state index in [-0.39, 0.29) is 2.85 Å². The first-order chi connectivity index (χ1) is 13.6. The monoisotopic (exact) mass is 402 g/mol. The van der Waals surface area contributed by atoms with Gasteiger partial charge in [-0.1, -0.05) is 79.4 Å². The molecular weight excluding hydrogens is 348 g/mol. The van der Waals surface area contributed by atoms with Crippen LogP contribution in [0.15, 0.2) is 11.6 Å². The number of rotatable bonds is 5. The second-order valence-corrected chi connectivity index (χ2v) is 13.3. The Labute approximate surface area is 185 Å². The molecule has 4 aliphatic rings. The molecule has 0 aromatic rings. The average molecular weight is 403 g/mol. The van der Waals surface area contributed by atoms with Crippen molar-refractivity contribution in [3.63, 3.8) is 0 Å². The Morgan fingerprint density at radius 2 is 1.69 bits per heavy atom. The van der Waals surface area contributed by atoms with Gasteiger partial charge in [0.05, 0.1) is 0 Å². The van der Waals surface area contributed by atoms with E-state index in [2.05, 4.69) is 54.5 Å². The van der Waals surface area contributed by atoms with Gasteiger partial charge in [-0.05, 0) is 103 Å². The predicted molar refractivity (Wildman–Crippen MR) is 131 cm³/mol. The summed E-state index contributed by atoms with van der Waals surface area (Å²) >= 11 is 0. The van der Waals surface area contributed by atoms with Gasteiger partial charge in [0.2, 0.25) is 0 Å². The van der Waals surface area contributed by atoms with Crippen molar-refractivity contribution < 1.29 is 2.85 Å². The summed E-state index contributed by atoms with van der Waals surface area (Å²) in [6.45, 7) is 18.0. The zero-order chi connectivity index (χ0) is 21.0. The highest BCUT2D eigenvalue weighted by molar-refractivity contribution is 5.27. The van der Waals surface area contributed by atoms with Gasteiger partial charge in [0.1, 0.15) is 0 Å². The highest BCUT2D eigenvalue weighted by Gasteiger charge is 2.63. The molecule has 0 saturated heterocycles. The summed E-state index contributed by atoms with van der Waals surface area (Å²) in [6.07, 6.45) is 18.8. The van der Waals surface area contributed by atoms with E-state index in [1.165, 1.54) is 70.6 Å². The molecule has 3 saturated carbocycles. The molecule has 29 heavy (non-hydrogen) atoms. The van der Waals surface area contributed by atoms with Crippen LogP contribution in [0.2, 0.25) is 0 Å². The van der Waals surface area contributed by atoms with Crippen LogP contribution in [-0.4, -0.2) is 0 Å². The third-order valence-corrected chi connectivity index (χ3v) is 11.1. The average Bonchev–Trinajstić information content (AvgIpc) is 3.00. The van der Waals surface area contributed by atoms with Gasteiger partial charge in [0, 0.05) is 2.85 Å². The van der Waals surface area contributed by atoms with Crippen LogP contribution >= 0.6 is 0 Å². The van der Waals surface area contributed by atoms with E-state index in [1.54, 1.807) is 0 Å². The molecule has 0 spiro atoms. The molecule has 0 amide bonds. The van der Waals surface area contributed by atoms with E-state index in [4.69, 9.17) is 0 Å². The second kappa shape index (κ2) is 7.70. The summed E-state index contributed by atoms with van der Waals surface area (Å²) < 4.78 is 0. The highest BCUT2D eigenvalue weighted by Crippen LogP contribution is 2.72. The van der Waals surface area contributed by atoms with Crippen LogP contribution in [0.3, 0.4) is 0 Å². The first-order valence-corrected chi connectivity index (χ1v) is 13.3. The molecule has 3 fully saturated rings. The first-order valence-electron chi connectivity index (χ1n) is 13.3. The smallest absolute Gasteiger partial charge is 0 e. The van der Waals surface area contributed by atoms with Crippen molar-refractivity contribution in [1.29, 1.82) is 0 Å². The van der Waals surface area contributed by atoms with Crippen LogP contribution in [0.1, 0.15) is 122 Å². The van der Waals surface area contributed by atoms with Crippen LogP contribution in [0, 0.1) is 51.8 Å². The fourth-order valence-electron chi connectivity index (χ4n) is 9.52. The Morgan fingerprint density at radius 1 is 0.931 bits per heavy atom. The maximum atomic E-state index is 2.76. The minimum Gasteiger partial charge on any atom is -0.0842 e. The lowest BCUT2D eigenvalue weighted by Crippen LogP contribution is -2.56. The minimum atomic E-state index is 0. The van der Waals surface area contributed by atoms with Crippen molar-refractivity contribution in [2.45, 2.75) is 119 Å². The van der Waals surface area contributed by atoms with Crippen molar-refractivity contribution in [3.8, 4) is 0 Å². The Kier molecular flexibility index (Phi) is 5.83. The fraction of sp³-hybridized carbons (Fsp3) is 0.931. The summed E-state index contributed by atoms with van der Waals surface area (Å²) in [7, 11) is 0. The zero-order valence-electron chi connectivity index (χ0n) is 20.8. The van der Waals surface area contributed by atoms with E-state index < -0.39 is 0 Å². The zero-order valence-corrected chi connectivity index (χ0v) is 20.8.